The van der Waals surface area contributed by atoms with E-state index in [1.807, 2.05) is 26.0 Å². The van der Waals surface area contributed by atoms with Crippen LogP contribution in [0.2, 0.25) is 0 Å². The van der Waals surface area contributed by atoms with Crippen LogP contribution in [0.5, 0.6) is 0 Å². The molecule has 0 saturated carbocycles. The first kappa shape index (κ1) is 16.0. The predicted octanol–water partition coefficient (Wildman–Crippen LogP) is 4.33. The number of hydrogen-bond acceptors (Lipinski definition) is 1. The molecule has 0 radical (unpaired) electrons. The monoisotopic (exact) mass is 297 g/mol. The molecular formula is C19H20FNO. The molecule has 2 nitrogen and oxygen atoms in total. The van der Waals surface area contributed by atoms with E-state index in [0.29, 0.717) is 5.56 Å². The summed E-state index contributed by atoms with van der Waals surface area (Å²) in [5.41, 5.74) is 3.87. The van der Waals surface area contributed by atoms with E-state index in [9.17, 15) is 9.18 Å². The lowest BCUT2D eigenvalue weighted by Gasteiger charge is -2.14. The standard InChI is InChI=1S/C19H20FNO/c1-13-8-9-17(12-14(13)2)15(3)21-19(22)11-10-16-6-4-5-7-18(16)20/h4-12,15H,1-3H3,(H,21,22)/b11-10+/t15-/m1/s1. The predicted molar refractivity (Wildman–Crippen MR) is 87.9 cm³/mol. The molecule has 0 heterocycles. The third kappa shape index (κ3) is 4.04. The number of rotatable bonds is 4. The Morgan fingerprint density at radius 3 is 2.55 bits per heavy atom. The topological polar surface area (TPSA) is 29.1 Å². The van der Waals surface area contributed by atoms with Crippen molar-refractivity contribution >= 4 is 12.0 Å². The summed E-state index contributed by atoms with van der Waals surface area (Å²) in [7, 11) is 0. The first-order valence-electron chi connectivity index (χ1n) is 7.27. The smallest absolute Gasteiger partial charge is 0.244 e. The number of aryl methyl sites for hydroxylation is 2. The second kappa shape index (κ2) is 7.03. The zero-order chi connectivity index (χ0) is 16.1. The van der Waals surface area contributed by atoms with E-state index in [2.05, 4.69) is 18.3 Å². The maximum atomic E-state index is 13.5. The SMILES string of the molecule is Cc1ccc([C@@H](C)NC(=O)/C=C/c2ccccc2F)cc1C. The maximum Gasteiger partial charge on any atom is 0.244 e. The van der Waals surface area contributed by atoms with E-state index < -0.39 is 0 Å². The van der Waals surface area contributed by atoms with E-state index in [-0.39, 0.29) is 17.8 Å². The number of hydrogen-bond donors (Lipinski definition) is 1. The van der Waals surface area contributed by atoms with Gasteiger partial charge in [0.05, 0.1) is 6.04 Å². The minimum absolute atomic E-state index is 0.0999. The van der Waals surface area contributed by atoms with Gasteiger partial charge in [0.1, 0.15) is 5.82 Å². The summed E-state index contributed by atoms with van der Waals surface area (Å²) in [6, 6.07) is 12.4. The Labute approximate surface area is 130 Å². The Bertz CT molecular complexity index is 706. The van der Waals surface area contributed by atoms with Crippen molar-refractivity contribution in [2.75, 3.05) is 0 Å². The number of amides is 1. The van der Waals surface area contributed by atoms with Gasteiger partial charge in [0.15, 0.2) is 0 Å². The molecule has 2 rings (SSSR count). The van der Waals surface area contributed by atoms with Crippen molar-refractivity contribution in [2.45, 2.75) is 26.8 Å². The van der Waals surface area contributed by atoms with Crippen LogP contribution < -0.4 is 5.32 Å². The molecule has 0 spiro atoms. The second-order valence-electron chi connectivity index (χ2n) is 5.43. The Morgan fingerprint density at radius 2 is 1.86 bits per heavy atom. The van der Waals surface area contributed by atoms with Crippen molar-refractivity contribution in [1.82, 2.24) is 5.32 Å². The third-order valence-corrected chi connectivity index (χ3v) is 3.71. The van der Waals surface area contributed by atoms with E-state index in [1.54, 1.807) is 18.2 Å². The summed E-state index contributed by atoms with van der Waals surface area (Å²) in [6.45, 7) is 6.03. The van der Waals surface area contributed by atoms with Gasteiger partial charge in [-0.3, -0.25) is 4.79 Å². The number of benzene rings is 2. The summed E-state index contributed by atoms with van der Waals surface area (Å²) in [5.74, 6) is -0.581. The van der Waals surface area contributed by atoms with Crippen LogP contribution in [0.15, 0.2) is 48.5 Å². The highest BCUT2D eigenvalue weighted by Gasteiger charge is 2.08. The largest absolute Gasteiger partial charge is 0.346 e. The molecule has 2 aromatic carbocycles. The lowest BCUT2D eigenvalue weighted by Crippen LogP contribution is -2.24. The number of carbonyl (C=O) groups is 1. The molecule has 0 aliphatic carbocycles. The van der Waals surface area contributed by atoms with Crippen molar-refractivity contribution in [2.24, 2.45) is 0 Å². The fourth-order valence-corrected chi connectivity index (χ4v) is 2.15. The van der Waals surface area contributed by atoms with Crippen LogP contribution >= 0.6 is 0 Å². The molecule has 0 bridgehead atoms. The first-order chi connectivity index (χ1) is 10.5. The van der Waals surface area contributed by atoms with Crippen LogP contribution in [0.25, 0.3) is 6.08 Å². The molecule has 0 fully saturated rings. The average molecular weight is 297 g/mol. The van der Waals surface area contributed by atoms with Crippen LogP contribution in [0, 0.1) is 19.7 Å². The van der Waals surface area contributed by atoms with E-state index in [0.717, 1.165) is 5.56 Å². The summed E-state index contributed by atoms with van der Waals surface area (Å²) in [5, 5.41) is 2.88. The molecule has 114 valence electrons. The van der Waals surface area contributed by atoms with Gasteiger partial charge in [-0.1, -0.05) is 36.4 Å². The summed E-state index contributed by atoms with van der Waals surface area (Å²) < 4.78 is 13.5. The molecule has 1 atom stereocenters. The first-order valence-corrected chi connectivity index (χ1v) is 7.27. The Morgan fingerprint density at radius 1 is 1.14 bits per heavy atom. The van der Waals surface area contributed by atoms with Gasteiger partial charge in [-0.2, -0.15) is 0 Å². The van der Waals surface area contributed by atoms with Crippen molar-refractivity contribution in [3.63, 3.8) is 0 Å². The van der Waals surface area contributed by atoms with Gasteiger partial charge in [0, 0.05) is 11.6 Å². The fraction of sp³-hybridized carbons (Fsp3) is 0.211. The molecule has 0 unspecified atom stereocenters. The Kier molecular flexibility index (Phi) is 5.10. The molecule has 0 aliphatic rings. The molecule has 1 amide bonds. The molecule has 22 heavy (non-hydrogen) atoms. The van der Waals surface area contributed by atoms with E-state index >= 15 is 0 Å². The zero-order valence-corrected chi connectivity index (χ0v) is 13.1. The van der Waals surface area contributed by atoms with Crippen LogP contribution in [-0.4, -0.2) is 5.91 Å². The van der Waals surface area contributed by atoms with Crippen LogP contribution in [0.3, 0.4) is 0 Å². The second-order valence-corrected chi connectivity index (χ2v) is 5.43. The highest BCUT2D eigenvalue weighted by Crippen LogP contribution is 2.16. The van der Waals surface area contributed by atoms with Gasteiger partial charge in [-0.25, -0.2) is 4.39 Å². The number of carbonyl (C=O) groups excluding carboxylic acids is 1. The van der Waals surface area contributed by atoms with Crippen molar-refractivity contribution in [3.8, 4) is 0 Å². The quantitative estimate of drug-likeness (QED) is 0.836. The van der Waals surface area contributed by atoms with Crippen molar-refractivity contribution < 1.29 is 9.18 Å². The van der Waals surface area contributed by atoms with Crippen LogP contribution in [0.1, 0.15) is 35.2 Å². The van der Waals surface area contributed by atoms with Crippen molar-refractivity contribution in [1.29, 1.82) is 0 Å². The van der Waals surface area contributed by atoms with Crippen LogP contribution in [-0.2, 0) is 4.79 Å². The molecule has 0 saturated heterocycles. The van der Waals surface area contributed by atoms with Gasteiger partial charge in [-0.05, 0) is 49.6 Å². The third-order valence-electron chi connectivity index (χ3n) is 3.71. The van der Waals surface area contributed by atoms with Gasteiger partial charge >= 0.3 is 0 Å². The molecule has 2 aromatic rings. The van der Waals surface area contributed by atoms with Crippen molar-refractivity contribution in [3.05, 3.63) is 76.6 Å². The van der Waals surface area contributed by atoms with E-state index in [1.165, 1.54) is 29.3 Å². The maximum absolute atomic E-state index is 13.5. The lowest BCUT2D eigenvalue weighted by atomic mass is 10.0. The summed E-state index contributed by atoms with van der Waals surface area (Å²) in [6.07, 6.45) is 2.84. The van der Waals surface area contributed by atoms with Crippen LogP contribution in [0.4, 0.5) is 4.39 Å². The zero-order valence-electron chi connectivity index (χ0n) is 13.1. The van der Waals surface area contributed by atoms with Gasteiger partial charge in [0.25, 0.3) is 0 Å². The van der Waals surface area contributed by atoms with Gasteiger partial charge in [0.2, 0.25) is 5.91 Å². The molecule has 0 aromatic heterocycles. The number of halogens is 1. The molecule has 3 heteroatoms. The van der Waals surface area contributed by atoms with E-state index in [4.69, 9.17) is 0 Å². The Balaban J connectivity index is 2.02. The highest BCUT2D eigenvalue weighted by atomic mass is 19.1. The number of nitrogens with one attached hydrogen (secondary N) is 1. The minimum atomic E-state index is -0.339. The summed E-state index contributed by atoms with van der Waals surface area (Å²) in [4.78, 5) is 11.9. The summed E-state index contributed by atoms with van der Waals surface area (Å²) >= 11 is 0. The lowest BCUT2D eigenvalue weighted by molar-refractivity contribution is -0.117. The molecular weight excluding hydrogens is 277 g/mol. The normalized spacial score (nSPS) is 12.4. The minimum Gasteiger partial charge on any atom is -0.346 e. The molecule has 1 N–H and O–H groups in total. The highest BCUT2D eigenvalue weighted by molar-refractivity contribution is 5.92. The van der Waals surface area contributed by atoms with Gasteiger partial charge < -0.3 is 5.32 Å². The average Bonchev–Trinajstić information content (AvgIpc) is 2.49. The fourth-order valence-electron chi connectivity index (χ4n) is 2.15. The molecule has 0 aliphatic heterocycles. The van der Waals surface area contributed by atoms with Gasteiger partial charge in [-0.15, -0.1) is 0 Å². The Hall–Kier alpha value is -2.42.